The summed E-state index contributed by atoms with van der Waals surface area (Å²) < 4.78 is 0.992. The van der Waals surface area contributed by atoms with E-state index in [1.54, 1.807) is 12.1 Å². The third-order valence-corrected chi connectivity index (χ3v) is 3.55. The van der Waals surface area contributed by atoms with Crippen molar-refractivity contribution in [1.29, 1.82) is 0 Å². The van der Waals surface area contributed by atoms with Gasteiger partial charge in [-0.1, -0.05) is 22.9 Å². The number of rotatable bonds is 4. The molecule has 0 saturated heterocycles. The standard InChI is InChI=1S/C15H17BrN4O/c1-3-10-7-12(16)4-5-13(10)19-15(21)11-6-9(2)18-14(8-11)20-17/h4-8H,3,17H2,1-2H3,(H,18,20)(H,19,21). The molecule has 6 heteroatoms. The molecule has 0 atom stereocenters. The number of anilines is 2. The molecule has 2 aromatic rings. The van der Waals surface area contributed by atoms with Gasteiger partial charge in [-0.05, 0) is 49.2 Å². The average molecular weight is 349 g/mol. The van der Waals surface area contributed by atoms with Crippen molar-refractivity contribution in [3.8, 4) is 0 Å². The molecule has 1 heterocycles. The number of pyridine rings is 1. The van der Waals surface area contributed by atoms with Crippen LogP contribution in [0.25, 0.3) is 0 Å². The van der Waals surface area contributed by atoms with Gasteiger partial charge in [-0.3, -0.25) is 4.79 Å². The summed E-state index contributed by atoms with van der Waals surface area (Å²) >= 11 is 3.43. The minimum atomic E-state index is -0.186. The van der Waals surface area contributed by atoms with Crippen molar-refractivity contribution in [3.63, 3.8) is 0 Å². The summed E-state index contributed by atoms with van der Waals surface area (Å²) in [6.45, 7) is 3.86. The number of aromatic nitrogens is 1. The van der Waals surface area contributed by atoms with E-state index >= 15 is 0 Å². The first-order chi connectivity index (χ1) is 10.0. The summed E-state index contributed by atoms with van der Waals surface area (Å²) in [5.74, 6) is 5.63. The van der Waals surface area contributed by atoms with Crippen LogP contribution in [-0.2, 0) is 6.42 Å². The van der Waals surface area contributed by atoms with Crippen LogP contribution < -0.4 is 16.6 Å². The van der Waals surface area contributed by atoms with Crippen LogP contribution in [0.1, 0.15) is 28.5 Å². The number of halogens is 1. The fourth-order valence-corrected chi connectivity index (χ4v) is 2.45. The van der Waals surface area contributed by atoms with Crippen LogP contribution in [0.2, 0.25) is 0 Å². The molecule has 2 rings (SSSR count). The van der Waals surface area contributed by atoms with Crippen LogP contribution in [0.15, 0.2) is 34.8 Å². The molecule has 4 N–H and O–H groups in total. The highest BCUT2D eigenvalue weighted by Gasteiger charge is 2.11. The molecule has 110 valence electrons. The minimum absolute atomic E-state index is 0.186. The van der Waals surface area contributed by atoms with Gasteiger partial charge in [0.2, 0.25) is 0 Å². The highest BCUT2D eigenvalue weighted by Crippen LogP contribution is 2.22. The first-order valence-electron chi connectivity index (χ1n) is 6.58. The molecule has 0 unspecified atom stereocenters. The fraction of sp³-hybridized carbons (Fsp3) is 0.200. The maximum atomic E-state index is 12.4. The zero-order valence-electron chi connectivity index (χ0n) is 11.9. The van der Waals surface area contributed by atoms with Crippen molar-refractivity contribution in [2.24, 2.45) is 5.84 Å². The Balaban J connectivity index is 2.28. The molecule has 0 aliphatic rings. The van der Waals surface area contributed by atoms with Gasteiger partial charge in [-0.2, -0.15) is 0 Å². The Morgan fingerprint density at radius 1 is 1.33 bits per heavy atom. The number of nitrogens with zero attached hydrogens (tertiary/aromatic N) is 1. The summed E-state index contributed by atoms with van der Waals surface area (Å²) in [6.07, 6.45) is 0.833. The molecular formula is C15H17BrN4O. The molecule has 0 saturated carbocycles. The molecular weight excluding hydrogens is 332 g/mol. The Bertz CT molecular complexity index is 673. The Hall–Kier alpha value is -1.92. The molecule has 21 heavy (non-hydrogen) atoms. The topological polar surface area (TPSA) is 80.0 Å². The SMILES string of the molecule is CCc1cc(Br)ccc1NC(=O)c1cc(C)nc(NN)c1. The van der Waals surface area contributed by atoms with E-state index in [0.717, 1.165) is 27.8 Å². The molecule has 5 nitrogen and oxygen atoms in total. The second-order valence-electron chi connectivity index (χ2n) is 4.64. The summed E-state index contributed by atoms with van der Waals surface area (Å²) in [5.41, 5.74) is 5.58. The highest BCUT2D eigenvalue weighted by atomic mass is 79.9. The fourth-order valence-electron chi connectivity index (χ4n) is 2.04. The van der Waals surface area contributed by atoms with Gasteiger partial charge >= 0.3 is 0 Å². The summed E-state index contributed by atoms with van der Waals surface area (Å²) in [4.78, 5) is 16.5. The number of hydrogen-bond donors (Lipinski definition) is 3. The van der Waals surface area contributed by atoms with E-state index in [0.29, 0.717) is 11.4 Å². The molecule has 1 amide bonds. The van der Waals surface area contributed by atoms with Gasteiger partial charge in [-0.25, -0.2) is 10.8 Å². The van der Waals surface area contributed by atoms with Gasteiger partial charge in [0.25, 0.3) is 5.91 Å². The molecule has 0 bridgehead atoms. The van der Waals surface area contributed by atoms with E-state index in [1.807, 2.05) is 32.0 Å². The first kappa shape index (κ1) is 15.5. The maximum Gasteiger partial charge on any atom is 0.255 e. The van der Waals surface area contributed by atoms with Gasteiger partial charge in [0.15, 0.2) is 0 Å². The largest absolute Gasteiger partial charge is 0.322 e. The predicted octanol–water partition coefficient (Wildman–Crippen LogP) is 3.25. The predicted molar refractivity (Wildman–Crippen MR) is 88.3 cm³/mol. The van der Waals surface area contributed by atoms with Crippen LogP contribution in [0.4, 0.5) is 11.5 Å². The summed E-state index contributed by atoms with van der Waals surface area (Å²) in [6, 6.07) is 9.13. The smallest absolute Gasteiger partial charge is 0.255 e. The van der Waals surface area contributed by atoms with Gasteiger partial charge < -0.3 is 10.7 Å². The Kier molecular flexibility index (Phi) is 4.93. The van der Waals surface area contributed by atoms with Gasteiger partial charge in [0.05, 0.1) is 0 Å². The lowest BCUT2D eigenvalue weighted by atomic mass is 10.1. The second kappa shape index (κ2) is 6.69. The second-order valence-corrected chi connectivity index (χ2v) is 5.55. The molecule has 0 fully saturated rings. The van der Waals surface area contributed by atoms with E-state index in [1.165, 1.54) is 0 Å². The summed E-state index contributed by atoms with van der Waals surface area (Å²) in [5, 5.41) is 2.93. The van der Waals surface area contributed by atoms with Crippen LogP contribution in [0.5, 0.6) is 0 Å². The number of hydrogen-bond acceptors (Lipinski definition) is 4. The Morgan fingerprint density at radius 2 is 2.10 bits per heavy atom. The van der Waals surface area contributed by atoms with Gasteiger partial charge in [0.1, 0.15) is 5.82 Å². The quantitative estimate of drug-likeness (QED) is 0.585. The Morgan fingerprint density at radius 3 is 2.76 bits per heavy atom. The highest BCUT2D eigenvalue weighted by molar-refractivity contribution is 9.10. The normalized spacial score (nSPS) is 10.3. The average Bonchev–Trinajstić information content (AvgIpc) is 2.48. The van der Waals surface area contributed by atoms with Crippen molar-refractivity contribution in [2.45, 2.75) is 20.3 Å². The first-order valence-corrected chi connectivity index (χ1v) is 7.38. The number of carbonyl (C=O) groups is 1. The van der Waals surface area contributed by atoms with E-state index in [4.69, 9.17) is 5.84 Å². The third-order valence-electron chi connectivity index (χ3n) is 3.06. The zero-order valence-corrected chi connectivity index (χ0v) is 13.5. The number of benzene rings is 1. The third kappa shape index (κ3) is 3.80. The minimum Gasteiger partial charge on any atom is -0.322 e. The molecule has 0 spiro atoms. The maximum absolute atomic E-state index is 12.4. The van der Waals surface area contributed by atoms with Crippen molar-refractivity contribution in [1.82, 2.24) is 4.98 Å². The van der Waals surface area contributed by atoms with Crippen molar-refractivity contribution in [2.75, 3.05) is 10.7 Å². The monoisotopic (exact) mass is 348 g/mol. The van der Waals surface area contributed by atoms with Gasteiger partial charge in [-0.15, -0.1) is 0 Å². The molecule has 0 aliphatic heterocycles. The van der Waals surface area contributed by atoms with E-state index in [2.05, 4.69) is 31.7 Å². The zero-order chi connectivity index (χ0) is 15.4. The van der Waals surface area contributed by atoms with E-state index in [-0.39, 0.29) is 5.91 Å². The van der Waals surface area contributed by atoms with E-state index < -0.39 is 0 Å². The van der Waals surface area contributed by atoms with Crippen molar-refractivity contribution in [3.05, 3.63) is 51.6 Å². The van der Waals surface area contributed by atoms with Crippen molar-refractivity contribution >= 4 is 33.3 Å². The van der Waals surface area contributed by atoms with Crippen LogP contribution in [0, 0.1) is 6.92 Å². The lowest BCUT2D eigenvalue weighted by Crippen LogP contribution is -2.16. The Labute approximate surface area is 132 Å². The number of aryl methyl sites for hydroxylation is 2. The number of nitrogens with two attached hydrogens (primary N) is 1. The number of hydrazine groups is 1. The van der Waals surface area contributed by atoms with Gasteiger partial charge in [0, 0.05) is 21.4 Å². The van der Waals surface area contributed by atoms with Crippen LogP contribution in [-0.4, -0.2) is 10.9 Å². The lowest BCUT2D eigenvalue weighted by Gasteiger charge is -2.11. The summed E-state index contributed by atoms with van der Waals surface area (Å²) in [7, 11) is 0. The number of amides is 1. The molecule has 1 aromatic heterocycles. The van der Waals surface area contributed by atoms with E-state index in [9.17, 15) is 4.79 Å². The number of carbonyl (C=O) groups excluding carboxylic acids is 1. The van der Waals surface area contributed by atoms with Crippen molar-refractivity contribution < 1.29 is 4.79 Å². The lowest BCUT2D eigenvalue weighted by molar-refractivity contribution is 0.102. The molecule has 0 radical (unpaired) electrons. The number of nitrogen functional groups attached to an aromatic ring is 1. The molecule has 1 aromatic carbocycles. The van der Waals surface area contributed by atoms with Crippen LogP contribution >= 0.6 is 15.9 Å². The molecule has 0 aliphatic carbocycles. The van der Waals surface area contributed by atoms with Crippen LogP contribution in [0.3, 0.4) is 0 Å². The number of nitrogens with one attached hydrogen (secondary N) is 2.